The van der Waals surface area contributed by atoms with Crippen LogP contribution in [0.3, 0.4) is 0 Å². The van der Waals surface area contributed by atoms with Gasteiger partial charge in [-0.2, -0.15) is 0 Å². The third-order valence-corrected chi connectivity index (χ3v) is 4.52. The fourth-order valence-corrected chi connectivity index (χ4v) is 3.38. The lowest BCUT2D eigenvalue weighted by atomic mass is 10.1. The minimum absolute atomic E-state index is 0.0833. The number of carboxylic acid groups (broad SMARTS) is 1. The number of nitrogens with one attached hydrogen (secondary N) is 1. The first kappa shape index (κ1) is 14.6. The lowest BCUT2D eigenvalue weighted by Crippen LogP contribution is -2.48. The molecule has 2 saturated heterocycles. The number of hydrogen-bond donors (Lipinski definition) is 2. The van der Waals surface area contributed by atoms with E-state index in [-0.39, 0.29) is 16.7 Å². The van der Waals surface area contributed by atoms with Crippen LogP contribution in [0.4, 0.5) is 5.69 Å². The summed E-state index contributed by atoms with van der Waals surface area (Å²) < 4.78 is 5.86. The summed E-state index contributed by atoms with van der Waals surface area (Å²) >= 11 is 5.96. The Labute approximate surface area is 128 Å². The lowest BCUT2D eigenvalue weighted by Gasteiger charge is -2.35. The van der Waals surface area contributed by atoms with Crippen LogP contribution in [0.1, 0.15) is 23.2 Å². The second-order valence-electron chi connectivity index (χ2n) is 5.59. The largest absolute Gasteiger partial charge is 0.478 e. The summed E-state index contributed by atoms with van der Waals surface area (Å²) in [5.41, 5.74) is 0.663. The highest BCUT2D eigenvalue weighted by molar-refractivity contribution is 6.34. The summed E-state index contributed by atoms with van der Waals surface area (Å²) in [5.74, 6) is -1.02. The van der Waals surface area contributed by atoms with Gasteiger partial charge < -0.3 is 15.2 Å². The van der Waals surface area contributed by atoms with E-state index >= 15 is 0 Å². The van der Waals surface area contributed by atoms with Gasteiger partial charge >= 0.3 is 5.97 Å². The van der Waals surface area contributed by atoms with E-state index in [0.29, 0.717) is 18.3 Å². The Morgan fingerprint density at radius 1 is 1.52 bits per heavy atom. The predicted octanol–water partition coefficient (Wildman–Crippen LogP) is 2.31. The number of anilines is 1. The number of nitrogens with zero attached hydrogens (tertiary/aromatic N) is 1. The molecule has 0 spiro atoms. The SMILES string of the molecule is O=C(O)c1c(Cl)cccc1NCC1CN2CCCC2CO1. The average Bonchev–Trinajstić information content (AvgIpc) is 2.92. The molecule has 2 heterocycles. The van der Waals surface area contributed by atoms with Gasteiger partial charge in [-0.3, -0.25) is 4.90 Å². The molecule has 2 atom stereocenters. The number of ether oxygens (including phenoxy) is 1. The molecule has 0 aliphatic carbocycles. The maximum absolute atomic E-state index is 11.3. The average molecular weight is 311 g/mol. The van der Waals surface area contributed by atoms with Crippen LogP contribution in [0.15, 0.2) is 18.2 Å². The molecule has 2 unspecified atom stereocenters. The van der Waals surface area contributed by atoms with Gasteiger partial charge in [0, 0.05) is 19.1 Å². The van der Waals surface area contributed by atoms with Gasteiger partial charge in [-0.15, -0.1) is 0 Å². The number of hydrogen-bond acceptors (Lipinski definition) is 4. The number of benzene rings is 1. The van der Waals surface area contributed by atoms with Crippen LogP contribution in [0.25, 0.3) is 0 Å². The zero-order chi connectivity index (χ0) is 14.8. The molecule has 3 rings (SSSR count). The van der Waals surface area contributed by atoms with Crippen LogP contribution < -0.4 is 5.32 Å². The normalized spacial score (nSPS) is 25.6. The summed E-state index contributed by atoms with van der Waals surface area (Å²) in [7, 11) is 0. The quantitative estimate of drug-likeness (QED) is 0.893. The molecule has 2 aliphatic heterocycles. The minimum Gasteiger partial charge on any atom is -0.478 e. The molecule has 0 saturated carbocycles. The molecule has 2 N–H and O–H groups in total. The van der Waals surface area contributed by atoms with Gasteiger partial charge in [-0.25, -0.2) is 4.79 Å². The molecule has 0 amide bonds. The van der Waals surface area contributed by atoms with Gasteiger partial charge in [-0.05, 0) is 31.5 Å². The van der Waals surface area contributed by atoms with Crippen molar-refractivity contribution in [2.75, 3.05) is 31.6 Å². The number of morpholine rings is 1. The number of rotatable bonds is 4. The number of fused-ring (bicyclic) bond motifs is 1. The van der Waals surface area contributed by atoms with Crippen molar-refractivity contribution in [1.29, 1.82) is 0 Å². The van der Waals surface area contributed by atoms with E-state index in [2.05, 4.69) is 10.2 Å². The third-order valence-electron chi connectivity index (χ3n) is 4.21. The topological polar surface area (TPSA) is 61.8 Å². The van der Waals surface area contributed by atoms with Crippen LogP contribution in [0, 0.1) is 0 Å². The molecule has 0 aromatic heterocycles. The van der Waals surface area contributed by atoms with Gasteiger partial charge in [0.1, 0.15) is 5.56 Å². The fraction of sp³-hybridized carbons (Fsp3) is 0.533. The maximum Gasteiger partial charge on any atom is 0.339 e. The van der Waals surface area contributed by atoms with Crippen molar-refractivity contribution in [2.24, 2.45) is 0 Å². The Morgan fingerprint density at radius 2 is 2.38 bits per heavy atom. The standard InChI is InChI=1S/C15H19ClN2O3/c16-12-4-1-5-13(14(12)15(19)20)17-7-11-8-18-6-2-3-10(18)9-21-11/h1,4-5,10-11,17H,2-3,6-9H2,(H,19,20). The summed E-state index contributed by atoms with van der Waals surface area (Å²) in [6.07, 6.45) is 2.54. The van der Waals surface area contributed by atoms with Crippen molar-refractivity contribution in [3.05, 3.63) is 28.8 Å². The summed E-state index contributed by atoms with van der Waals surface area (Å²) in [6, 6.07) is 5.64. The zero-order valence-corrected chi connectivity index (χ0v) is 12.5. The smallest absolute Gasteiger partial charge is 0.339 e. The highest BCUT2D eigenvalue weighted by Gasteiger charge is 2.32. The summed E-state index contributed by atoms with van der Waals surface area (Å²) in [4.78, 5) is 13.7. The molecule has 1 aromatic rings. The van der Waals surface area contributed by atoms with Crippen molar-refractivity contribution >= 4 is 23.3 Å². The number of aromatic carboxylic acids is 1. The van der Waals surface area contributed by atoms with Gasteiger partial charge in [0.05, 0.1) is 23.4 Å². The third kappa shape index (κ3) is 3.15. The Kier molecular flexibility index (Phi) is 4.33. The van der Waals surface area contributed by atoms with Crippen LogP contribution in [-0.4, -0.2) is 54.4 Å². The molecule has 21 heavy (non-hydrogen) atoms. The van der Waals surface area contributed by atoms with Gasteiger partial charge in [0.15, 0.2) is 0 Å². The van der Waals surface area contributed by atoms with Crippen molar-refractivity contribution in [3.8, 4) is 0 Å². The fourth-order valence-electron chi connectivity index (χ4n) is 3.12. The van der Waals surface area contributed by atoms with E-state index in [1.54, 1.807) is 18.2 Å². The van der Waals surface area contributed by atoms with Crippen LogP contribution in [0.2, 0.25) is 5.02 Å². The first-order valence-corrected chi connectivity index (χ1v) is 7.64. The molecule has 1 aromatic carbocycles. The van der Waals surface area contributed by atoms with Crippen molar-refractivity contribution in [1.82, 2.24) is 4.90 Å². The van der Waals surface area contributed by atoms with E-state index in [1.165, 1.54) is 12.8 Å². The summed E-state index contributed by atoms with van der Waals surface area (Å²) in [6.45, 7) is 3.40. The minimum atomic E-state index is -1.02. The van der Waals surface area contributed by atoms with Crippen LogP contribution >= 0.6 is 11.6 Å². The number of carbonyl (C=O) groups is 1. The molecule has 0 bridgehead atoms. The van der Waals surface area contributed by atoms with E-state index < -0.39 is 5.97 Å². The number of carboxylic acids is 1. The Morgan fingerprint density at radius 3 is 3.19 bits per heavy atom. The highest BCUT2D eigenvalue weighted by Crippen LogP contribution is 2.26. The molecule has 0 radical (unpaired) electrons. The molecule has 2 fully saturated rings. The maximum atomic E-state index is 11.3. The lowest BCUT2D eigenvalue weighted by molar-refractivity contribution is -0.0415. The Balaban J connectivity index is 1.63. The van der Waals surface area contributed by atoms with E-state index in [4.69, 9.17) is 16.3 Å². The molecule has 6 heteroatoms. The van der Waals surface area contributed by atoms with E-state index in [9.17, 15) is 9.90 Å². The monoisotopic (exact) mass is 310 g/mol. The second kappa shape index (κ2) is 6.22. The molecular weight excluding hydrogens is 292 g/mol. The van der Waals surface area contributed by atoms with Gasteiger partial charge in [0.25, 0.3) is 0 Å². The highest BCUT2D eigenvalue weighted by atomic mass is 35.5. The van der Waals surface area contributed by atoms with E-state index in [0.717, 1.165) is 19.7 Å². The first-order valence-electron chi connectivity index (χ1n) is 7.26. The predicted molar refractivity (Wildman–Crippen MR) is 81.2 cm³/mol. The first-order chi connectivity index (χ1) is 10.1. The Hall–Kier alpha value is -1.30. The molecular formula is C15H19ClN2O3. The van der Waals surface area contributed by atoms with E-state index in [1.807, 2.05) is 0 Å². The van der Waals surface area contributed by atoms with Gasteiger partial charge in [0.2, 0.25) is 0 Å². The van der Waals surface area contributed by atoms with Crippen molar-refractivity contribution in [3.63, 3.8) is 0 Å². The van der Waals surface area contributed by atoms with Crippen LogP contribution in [0.5, 0.6) is 0 Å². The molecule has 2 aliphatic rings. The molecule has 5 nitrogen and oxygen atoms in total. The van der Waals surface area contributed by atoms with Crippen molar-refractivity contribution in [2.45, 2.75) is 25.0 Å². The van der Waals surface area contributed by atoms with Crippen LogP contribution in [-0.2, 0) is 4.74 Å². The van der Waals surface area contributed by atoms with Gasteiger partial charge in [-0.1, -0.05) is 17.7 Å². The molecule has 114 valence electrons. The Bertz CT molecular complexity index is 538. The number of halogens is 1. The summed E-state index contributed by atoms with van der Waals surface area (Å²) in [5, 5.41) is 12.7. The second-order valence-corrected chi connectivity index (χ2v) is 6.00. The van der Waals surface area contributed by atoms with Crippen molar-refractivity contribution < 1.29 is 14.6 Å². The zero-order valence-electron chi connectivity index (χ0n) is 11.7.